The van der Waals surface area contributed by atoms with Crippen LogP contribution in [0.15, 0.2) is 18.2 Å². The summed E-state index contributed by atoms with van der Waals surface area (Å²) in [5.74, 6) is -0.130. The third kappa shape index (κ3) is 1.33. The largest absolute Gasteiger partial charge is 0.508 e. The van der Waals surface area contributed by atoms with Crippen molar-refractivity contribution in [2.75, 3.05) is 5.73 Å². The van der Waals surface area contributed by atoms with Crippen molar-refractivity contribution in [2.45, 2.75) is 0 Å². The fourth-order valence-electron chi connectivity index (χ4n) is 1.38. The summed E-state index contributed by atoms with van der Waals surface area (Å²) in [5, 5.41) is 29.0. The molecule has 0 saturated heterocycles. The number of fused-ring (bicyclic) bond motifs is 1. The molecule has 0 bridgehead atoms. The van der Waals surface area contributed by atoms with Crippen LogP contribution in [0.3, 0.4) is 0 Å². The Bertz CT molecular complexity index is 483. The first-order valence-electron chi connectivity index (χ1n) is 3.96. The van der Waals surface area contributed by atoms with Gasteiger partial charge in [-0.25, -0.2) is 0 Å². The molecule has 0 aliphatic carbocycles. The van der Waals surface area contributed by atoms with Gasteiger partial charge in [-0.2, -0.15) is 0 Å². The Morgan fingerprint density at radius 1 is 1.29 bits per heavy atom. The lowest BCUT2D eigenvalue weighted by Crippen LogP contribution is -2.30. The number of aromatic hydroxyl groups is 1. The normalized spacial score (nSPS) is 10.7. The van der Waals surface area contributed by atoms with Crippen molar-refractivity contribution in [1.82, 2.24) is 0 Å². The van der Waals surface area contributed by atoms with Crippen LogP contribution in [-0.2, 0) is 0 Å². The van der Waals surface area contributed by atoms with E-state index in [1.54, 1.807) is 12.1 Å². The molecule has 14 heavy (non-hydrogen) atoms. The first-order valence-corrected chi connectivity index (χ1v) is 4.78. The molecule has 0 spiro atoms. The average molecular weight is 209 g/mol. The van der Waals surface area contributed by atoms with E-state index in [-0.39, 0.29) is 11.2 Å². The molecule has 4 nitrogen and oxygen atoms in total. The van der Waals surface area contributed by atoms with E-state index in [1.807, 2.05) is 0 Å². The van der Waals surface area contributed by atoms with E-state index in [0.717, 1.165) is 5.39 Å². The Balaban J connectivity index is 2.82. The minimum atomic E-state index is -1.68. The molecule has 0 fully saturated rings. The van der Waals surface area contributed by atoms with Crippen LogP contribution in [0.2, 0.25) is 0 Å². The van der Waals surface area contributed by atoms with E-state index in [2.05, 4.69) is 0 Å². The van der Waals surface area contributed by atoms with Gasteiger partial charge in [0.25, 0.3) is 0 Å². The van der Waals surface area contributed by atoms with Crippen molar-refractivity contribution >= 4 is 39.0 Å². The zero-order chi connectivity index (χ0) is 10.3. The van der Waals surface area contributed by atoms with Crippen molar-refractivity contribution in [3.63, 3.8) is 0 Å². The van der Waals surface area contributed by atoms with Crippen molar-refractivity contribution in [3.05, 3.63) is 18.2 Å². The van der Waals surface area contributed by atoms with Crippen molar-refractivity contribution in [3.8, 4) is 5.75 Å². The van der Waals surface area contributed by atoms with E-state index >= 15 is 0 Å². The molecule has 72 valence electrons. The van der Waals surface area contributed by atoms with Gasteiger partial charge in [0, 0.05) is 10.2 Å². The summed E-state index contributed by atoms with van der Waals surface area (Å²) in [4.78, 5) is 0. The van der Waals surface area contributed by atoms with Gasteiger partial charge in [-0.15, -0.1) is 11.3 Å². The van der Waals surface area contributed by atoms with Crippen LogP contribution < -0.4 is 11.2 Å². The topological polar surface area (TPSA) is 86.7 Å². The Morgan fingerprint density at radius 3 is 2.64 bits per heavy atom. The molecule has 0 atom stereocenters. The van der Waals surface area contributed by atoms with Crippen LogP contribution >= 0.6 is 11.3 Å². The maximum atomic E-state index is 9.43. The lowest BCUT2D eigenvalue weighted by molar-refractivity contribution is 0.420. The fourth-order valence-corrected chi connectivity index (χ4v) is 2.37. The molecule has 6 heteroatoms. The number of hydrogen-bond donors (Lipinski definition) is 4. The summed E-state index contributed by atoms with van der Waals surface area (Å²) in [6.07, 6.45) is 0. The number of rotatable bonds is 1. The minimum Gasteiger partial charge on any atom is -0.508 e. The van der Waals surface area contributed by atoms with Crippen LogP contribution in [0.5, 0.6) is 5.75 Å². The van der Waals surface area contributed by atoms with Gasteiger partial charge in [-0.3, -0.25) is 0 Å². The smallest absolute Gasteiger partial charge is 0.493 e. The highest BCUT2D eigenvalue weighted by Gasteiger charge is 2.20. The molecule has 1 aromatic heterocycles. The fraction of sp³-hybridized carbons (Fsp3) is 0. The van der Waals surface area contributed by atoms with Gasteiger partial charge in [0.05, 0.1) is 5.00 Å². The van der Waals surface area contributed by atoms with Gasteiger partial charge in [0.15, 0.2) is 0 Å². The first-order chi connectivity index (χ1) is 6.59. The lowest BCUT2D eigenvalue weighted by atomic mass is 9.79. The molecule has 0 amide bonds. The molecule has 2 aromatic rings. The Kier molecular flexibility index (Phi) is 2.11. The second-order valence-corrected chi connectivity index (χ2v) is 4.02. The Morgan fingerprint density at radius 2 is 2.00 bits per heavy atom. The molecule has 1 heterocycles. The molecule has 0 aliphatic rings. The highest BCUT2D eigenvalue weighted by molar-refractivity contribution is 7.24. The predicted molar refractivity (Wildman–Crippen MR) is 57.7 cm³/mol. The van der Waals surface area contributed by atoms with Gasteiger partial charge in [-0.1, -0.05) is 0 Å². The number of nitrogens with two attached hydrogens (primary N) is 1. The Labute approximate surface area is 84.4 Å². The van der Waals surface area contributed by atoms with Gasteiger partial charge < -0.3 is 20.9 Å². The van der Waals surface area contributed by atoms with Crippen molar-refractivity contribution in [2.24, 2.45) is 0 Å². The van der Waals surface area contributed by atoms with Gasteiger partial charge in [-0.05, 0) is 23.6 Å². The standard InChI is InChI=1S/C8H8BNO3S/c10-6-3-4-1-2-5(11)7(9(12)13)8(4)14-6/h1-3,11-13H,10H2. The molecule has 0 radical (unpaired) electrons. The maximum absolute atomic E-state index is 9.43. The molecular formula is C8H8BNO3S. The van der Waals surface area contributed by atoms with Crippen LogP contribution in [0.4, 0.5) is 5.00 Å². The molecule has 1 aromatic carbocycles. The zero-order valence-corrected chi connectivity index (χ0v) is 7.95. The SMILES string of the molecule is Nc1cc2ccc(O)c(B(O)O)c2s1. The quantitative estimate of drug-likeness (QED) is 0.492. The summed E-state index contributed by atoms with van der Waals surface area (Å²) in [6.45, 7) is 0. The van der Waals surface area contributed by atoms with Gasteiger partial charge in [0.2, 0.25) is 0 Å². The van der Waals surface area contributed by atoms with E-state index < -0.39 is 7.12 Å². The summed E-state index contributed by atoms with van der Waals surface area (Å²) in [5.41, 5.74) is 5.70. The number of anilines is 1. The number of nitrogen functional groups attached to an aromatic ring is 1. The third-order valence-corrected chi connectivity index (χ3v) is 2.99. The number of phenols is 1. The molecule has 0 saturated carbocycles. The highest BCUT2D eigenvalue weighted by atomic mass is 32.1. The van der Waals surface area contributed by atoms with E-state index in [1.165, 1.54) is 17.4 Å². The zero-order valence-electron chi connectivity index (χ0n) is 7.14. The number of thiophene rings is 1. The molecule has 0 aliphatic heterocycles. The summed E-state index contributed by atoms with van der Waals surface area (Å²) < 4.78 is 0.609. The summed E-state index contributed by atoms with van der Waals surface area (Å²) in [6, 6.07) is 4.83. The van der Waals surface area contributed by atoms with Crippen molar-refractivity contribution < 1.29 is 15.2 Å². The predicted octanol–water partition coefficient (Wildman–Crippen LogP) is -0.131. The maximum Gasteiger partial charge on any atom is 0.493 e. The number of hydrogen-bond acceptors (Lipinski definition) is 5. The summed E-state index contributed by atoms with van der Waals surface area (Å²) >= 11 is 1.22. The monoisotopic (exact) mass is 209 g/mol. The van der Waals surface area contributed by atoms with Gasteiger partial charge >= 0.3 is 7.12 Å². The summed E-state index contributed by atoms with van der Waals surface area (Å²) in [7, 11) is -1.68. The van der Waals surface area contributed by atoms with Gasteiger partial charge in [0.1, 0.15) is 5.75 Å². The molecule has 2 rings (SSSR count). The molecular weight excluding hydrogens is 201 g/mol. The number of benzene rings is 1. The highest BCUT2D eigenvalue weighted by Crippen LogP contribution is 2.28. The average Bonchev–Trinajstić information content (AvgIpc) is 2.43. The second kappa shape index (κ2) is 3.16. The lowest BCUT2D eigenvalue weighted by Gasteiger charge is -2.03. The van der Waals surface area contributed by atoms with E-state index in [0.29, 0.717) is 9.70 Å². The Hall–Kier alpha value is -1.24. The van der Waals surface area contributed by atoms with Crippen molar-refractivity contribution in [1.29, 1.82) is 0 Å². The minimum absolute atomic E-state index is 0.115. The van der Waals surface area contributed by atoms with E-state index in [4.69, 9.17) is 15.8 Å². The first kappa shape index (κ1) is 9.33. The molecule has 5 N–H and O–H groups in total. The van der Waals surface area contributed by atoms with Crippen LogP contribution in [0.25, 0.3) is 10.1 Å². The van der Waals surface area contributed by atoms with E-state index in [9.17, 15) is 5.11 Å². The van der Waals surface area contributed by atoms with Crippen LogP contribution in [0, 0.1) is 0 Å². The molecule has 0 unspecified atom stereocenters. The van der Waals surface area contributed by atoms with Crippen LogP contribution in [-0.4, -0.2) is 22.3 Å². The second-order valence-electron chi connectivity index (χ2n) is 2.94. The third-order valence-electron chi connectivity index (χ3n) is 1.98. The van der Waals surface area contributed by atoms with Crippen LogP contribution in [0.1, 0.15) is 0 Å². The number of phenolic OH excluding ortho intramolecular Hbond substituents is 1.